The minimum absolute atomic E-state index is 0.106. The largest absolute Gasteiger partial charge is 0.386 e. The van der Waals surface area contributed by atoms with E-state index < -0.39 is 24.1 Å². The molecule has 0 radical (unpaired) electrons. The highest BCUT2D eigenvalue weighted by atomic mass is 127. The summed E-state index contributed by atoms with van der Waals surface area (Å²) in [7, 11) is -3.37. The fraction of sp³-hybridized carbons (Fsp3) is 0.333. The van der Waals surface area contributed by atoms with Crippen molar-refractivity contribution in [1.82, 2.24) is 0 Å². The lowest BCUT2D eigenvalue weighted by atomic mass is 10.1. The van der Waals surface area contributed by atoms with Crippen molar-refractivity contribution in [3.8, 4) is 0 Å². The van der Waals surface area contributed by atoms with Crippen LogP contribution >= 0.6 is 22.6 Å². The van der Waals surface area contributed by atoms with Crippen molar-refractivity contribution in [3.05, 3.63) is 39.9 Å². The number of aliphatic hydroxyl groups excluding tert-OH is 1. The van der Waals surface area contributed by atoms with Crippen molar-refractivity contribution in [1.29, 1.82) is 0 Å². The van der Waals surface area contributed by atoms with Crippen LogP contribution in [0.25, 0.3) is 0 Å². The molecule has 1 aromatic rings. The number of rotatable bonds is 4. The average Bonchev–Trinajstić information content (AvgIpc) is 2.26. The number of aliphatic hydroxyl groups is 1. The molecule has 17 heavy (non-hydrogen) atoms. The van der Waals surface area contributed by atoms with Gasteiger partial charge in [0.1, 0.15) is 9.36 Å². The molecule has 1 N–H and O–H groups in total. The Labute approximate surface area is 112 Å². The van der Waals surface area contributed by atoms with Crippen LogP contribution in [-0.4, -0.2) is 28.0 Å². The first-order valence-corrected chi connectivity index (χ1v) is 7.69. The van der Waals surface area contributed by atoms with Gasteiger partial charge in [0.2, 0.25) is 0 Å². The predicted octanol–water partition coefficient (Wildman–Crippen LogP) is 1.43. The van der Waals surface area contributed by atoms with Gasteiger partial charge in [-0.3, -0.25) is 10.1 Å². The normalized spacial score (nSPS) is 15.2. The topological polar surface area (TPSA) is 97.5 Å². The van der Waals surface area contributed by atoms with Crippen LogP contribution in [0.15, 0.2) is 24.3 Å². The van der Waals surface area contributed by atoms with Crippen LogP contribution in [0.5, 0.6) is 0 Å². The maximum atomic E-state index is 11.2. The molecular formula is C9H10INO5S. The zero-order valence-electron chi connectivity index (χ0n) is 8.78. The van der Waals surface area contributed by atoms with E-state index in [2.05, 4.69) is 0 Å². The van der Waals surface area contributed by atoms with Gasteiger partial charge in [0.05, 0.1) is 4.92 Å². The first kappa shape index (κ1) is 14.3. The van der Waals surface area contributed by atoms with Gasteiger partial charge in [-0.05, 0) is 17.7 Å². The highest BCUT2D eigenvalue weighted by Gasteiger charge is 2.27. The van der Waals surface area contributed by atoms with E-state index in [-0.39, 0.29) is 5.69 Å². The molecule has 0 bridgehead atoms. The van der Waals surface area contributed by atoms with Crippen molar-refractivity contribution < 1.29 is 18.4 Å². The first-order valence-electron chi connectivity index (χ1n) is 4.49. The molecule has 0 aliphatic rings. The molecule has 0 heterocycles. The van der Waals surface area contributed by atoms with Gasteiger partial charge in [0.25, 0.3) is 5.69 Å². The quantitative estimate of drug-likeness (QED) is 0.374. The zero-order chi connectivity index (χ0) is 13.2. The molecule has 2 atom stereocenters. The van der Waals surface area contributed by atoms with E-state index in [9.17, 15) is 23.6 Å². The van der Waals surface area contributed by atoms with Crippen molar-refractivity contribution in [3.63, 3.8) is 0 Å². The summed E-state index contributed by atoms with van der Waals surface area (Å²) in [6, 6.07) is 5.15. The molecule has 8 heteroatoms. The molecular weight excluding hydrogens is 361 g/mol. The second-order valence-electron chi connectivity index (χ2n) is 3.47. The van der Waals surface area contributed by atoms with Crippen LogP contribution in [0.2, 0.25) is 0 Å². The average molecular weight is 371 g/mol. The number of alkyl halides is 1. The molecule has 0 spiro atoms. The third-order valence-corrected chi connectivity index (χ3v) is 6.63. The number of nitro benzene ring substituents is 1. The SMILES string of the molecule is CS(=O)(=O)C(I)C(O)c1ccc([N+](=O)[O-])cc1. The number of nitrogens with zero attached hydrogens (tertiary/aromatic N) is 1. The first-order chi connectivity index (χ1) is 7.73. The second-order valence-corrected chi connectivity index (χ2v) is 7.83. The Balaban J connectivity index is 2.98. The molecule has 6 nitrogen and oxygen atoms in total. The maximum Gasteiger partial charge on any atom is 0.269 e. The van der Waals surface area contributed by atoms with Gasteiger partial charge in [-0.2, -0.15) is 0 Å². The molecule has 0 saturated heterocycles. The van der Waals surface area contributed by atoms with Gasteiger partial charge in [0, 0.05) is 18.4 Å². The molecule has 1 aromatic carbocycles. The summed E-state index contributed by atoms with van der Waals surface area (Å²) in [6.07, 6.45) is -0.176. The number of hydrogen-bond acceptors (Lipinski definition) is 5. The number of halogens is 1. The third kappa shape index (κ3) is 3.61. The second kappa shape index (κ2) is 5.27. The summed E-state index contributed by atoms with van der Waals surface area (Å²) < 4.78 is 21.5. The summed E-state index contributed by atoms with van der Waals surface area (Å²) in [5.41, 5.74) is 0.228. The Morgan fingerprint density at radius 3 is 2.18 bits per heavy atom. The third-order valence-electron chi connectivity index (χ3n) is 2.10. The van der Waals surface area contributed by atoms with Gasteiger partial charge in [-0.25, -0.2) is 8.42 Å². The van der Waals surface area contributed by atoms with Gasteiger partial charge in [-0.1, -0.05) is 22.6 Å². The highest BCUT2D eigenvalue weighted by Crippen LogP contribution is 2.27. The fourth-order valence-electron chi connectivity index (χ4n) is 1.18. The summed E-state index contributed by atoms with van der Waals surface area (Å²) in [6.45, 7) is 0. The Hall–Kier alpha value is -0.740. The monoisotopic (exact) mass is 371 g/mol. The van der Waals surface area contributed by atoms with Gasteiger partial charge >= 0.3 is 0 Å². The summed E-state index contributed by atoms with van der Waals surface area (Å²) in [4.78, 5) is 9.86. The number of sulfone groups is 1. The van der Waals surface area contributed by atoms with Crippen molar-refractivity contribution >= 4 is 38.1 Å². The van der Waals surface area contributed by atoms with E-state index in [4.69, 9.17) is 0 Å². The Morgan fingerprint density at radius 2 is 1.82 bits per heavy atom. The summed E-state index contributed by atoms with van der Waals surface area (Å²) >= 11 is 1.63. The van der Waals surface area contributed by atoms with Crippen LogP contribution in [0.1, 0.15) is 11.7 Å². The van der Waals surface area contributed by atoms with Crippen LogP contribution in [0.3, 0.4) is 0 Å². The maximum absolute atomic E-state index is 11.2. The van der Waals surface area contributed by atoms with E-state index >= 15 is 0 Å². The van der Waals surface area contributed by atoms with Crippen molar-refractivity contribution in [2.75, 3.05) is 6.26 Å². The van der Waals surface area contributed by atoms with Gasteiger partial charge in [-0.15, -0.1) is 0 Å². The number of hydrogen-bond donors (Lipinski definition) is 1. The summed E-state index contributed by atoms with van der Waals surface area (Å²) in [5.74, 6) is 0. The van der Waals surface area contributed by atoms with Gasteiger partial charge in [0.15, 0.2) is 9.84 Å². The predicted molar refractivity (Wildman–Crippen MR) is 70.7 cm³/mol. The molecule has 0 fully saturated rings. The van der Waals surface area contributed by atoms with Crippen LogP contribution in [0.4, 0.5) is 5.69 Å². The summed E-state index contributed by atoms with van der Waals surface area (Å²) in [5, 5.41) is 20.2. The van der Waals surface area contributed by atoms with Gasteiger partial charge < -0.3 is 5.11 Å². The van der Waals surface area contributed by atoms with Crippen molar-refractivity contribution in [2.24, 2.45) is 0 Å². The van der Waals surface area contributed by atoms with E-state index in [1.807, 2.05) is 0 Å². The molecule has 0 amide bonds. The molecule has 0 saturated carbocycles. The Kier molecular flexibility index (Phi) is 4.44. The Bertz CT molecular complexity index is 513. The molecule has 0 aliphatic carbocycles. The smallest absolute Gasteiger partial charge is 0.269 e. The molecule has 2 unspecified atom stereocenters. The lowest BCUT2D eigenvalue weighted by Crippen LogP contribution is -2.21. The van der Waals surface area contributed by atoms with E-state index in [0.717, 1.165) is 6.26 Å². The highest BCUT2D eigenvalue weighted by molar-refractivity contribution is 14.1. The molecule has 0 aliphatic heterocycles. The van der Waals surface area contributed by atoms with Crippen molar-refractivity contribution in [2.45, 2.75) is 9.36 Å². The van der Waals surface area contributed by atoms with E-state index in [1.54, 1.807) is 22.6 Å². The molecule has 1 rings (SSSR count). The lowest BCUT2D eigenvalue weighted by molar-refractivity contribution is -0.384. The zero-order valence-corrected chi connectivity index (χ0v) is 11.8. The number of nitro groups is 1. The fourth-order valence-corrected chi connectivity index (χ4v) is 2.22. The number of benzene rings is 1. The Morgan fingerprint density at radius 1 is 1.35 bits per heavy atom. The van der Waals surface area contributed by atoms with Crippen LogP contribution < -0.4 is 0 Å². The van der Waals surface area contributed by atoms with E-state index in [0.29, 0.717) is 5.56 Å². The standard InChI is InChI=1S/C9H10INO5S/c1-17(15,16)9(10)8(12)6-2-4-7(5-3-6)11(13)14/h2-5,8-9,12H,1H3. The lowest BCUT2D eigenvalue weighted by Gasteiger charge is -2.15. The van der Waals surface area contributed by atoms with Crippen LogP contribution in [-0.2, 0) is 9.84 Å². The minimum atomic E-state index is -3.37. The number of non-ortho nitro benzene ring substituents is 1. The molecule has 94 valence electrons. The molecule has 0 aromatic heterocycles. The van der Waals surface area contributed by atoms with E-state index in [1.165, 1.54) is 24.3 Å². The van der Waals surface area contributed by atoms with Crippen LogP contribution in [0, 0.1) is 10.1 Å². The minimum Gasteiger partial charge on any atom is -0.386 e.